The number of rotatable bonds is 14. The summed E-state index contributed by atoms with van der Waals surface area (Å²) in [6.07, 6.45) is 5.81. The molecule has 1 heterocycles. The number of amides is 1. The van der Waals surface area contributed by atoms with E-state index in [0.29, 0.717) is 29.5 Å². The van der Waals surface area contributed by atoms with Gasteiger partial charge in [0.05, 0.1) is 29.8 Å². The van der Waals surface area contributed by atoms with Gasteiger partial charge in [-0.2, -0.15) is 0 Å². The van der Waals surface area contributed by atoms with Gasteiger partial charge in [0.25, 0.3) is 5.91 Å². The number of carbonyl (C=O) groups excluding carboxylic acids is 1. The molecule has 1 N–H and O–H groups in total. The molecule has 194 valence electrons. The van der Waals surface area contributed by atoms with Crippen molar-refractivity contribution >= 4 is 28.5 Å². The number of hydrogen-bond acceptors (Lipinski definition) is 4. The summed E-state index contributed by atoms with van der Waals surface area (Å²) in [4.78, 5) is 17.3. The number of unbranched alkanes of at least 4 members (excludes halogenated alkanes) is 3. The van der Waals surface area contributed by atoms with E-state index in [9.17, 15) is 4.79 Å². The SMILES string of the molecule is COc1cccc(C(=O)NCCCCCc2nc3ccccc3n2CCCCOc2ccccc2Cl)c1. The Morgan fingerprint density at radius 1 is 0.946 bits per heavy atom. The lowest BCUT2D eigenvalue weighted by molar-refractivity contribution is 0.0952. The molecule has 1 aromatic heterocycles. The van der Waals surface area contributed by atoms with Gasteiger partial charge < -0.3 is 19.4 Å². The van der Waals surface area contributed by atoms with Gasteiger partial charge in [0, 0.05) is 25.1 Å². The zero-order chi connectivity index (χ0) is 25.9. The Kier molecular flexibility index (Phi) is 9.83. The molecule has 3 aromatic carbocycles. The van der Waals surface area contributed by atoms with Gasteiger partial charge in [-0.1, -0.05) is 48.4 Å². The van der Waals surface area contributed by atoms with E-state index in [4.69, 9.17) is 26.1 Å². The average molecular weight is 520 g/mol. The Bertz CT molecular complexity index is 1300. The van der Waals surface area contributed by atoms with Crippen LogP contribution >= 0.6 is 11.6 Å². The predicted molar refractivity (Wildman–Crippen MR) is 149 cm³/mol. The van der Waals surface area contributed by atoms with E-state index >= 15 is 0 Å². The molecule has 0 saturated carbocycles. The minimum atomic E-state index is -0.0702. The molecule has 0 atom stereocenters. The first-order valence-electron chi connectivity index (χ1n) is 12.9. The van der Waals surface area contributed by atoms with Crippen molar-refractivity contribution < 1.29 is 14.3 Å². The normalized spacial score (nSPS) is 11.0. The summed E-state index contributed by atoms with van der Waals surface area (Å²) in [7, 11) is 1.60. The van der Waals surface area contributed by atoms with Crippen LogP contribution in [0.5, 0.6) is 11.5 Å². The van der Waals surface area contributed by atoms with Crippen molar-refractivity contribution in [1.82, 2.24) is 14.9 Å². The molecule has 0 radical (unpaired) electrons. The third kappa shape index (κ3) is 7.49. The summed E-state index contributed by atoms with van der Waals surface area (Å²) in [5.41, 5.74) is 2.83. The number of ether oxygens (including phenoxy) is 2. The van der Waals surface area contributed by atoms with Crippen molar-refractivity contribution in [2.24, 2.45) is 0 Å². The third-order valence-electron chi connectivity index (χ3n) is 6.30. The fourth-order valence-electron chi connectivity index (χ4n) is 4.33. The van der Waals surface area contributed by atoms with E-state index < -0.39 is 0 Å². The Hall–Kier alpha value is -3.51. The Morgan fingerprint density at radius 2 is 1.78 bits per heavy atom. The highest BCUT2D eigenvalue weighted by atomic mass is 35.5. The van der Waals surface area contributed by atoms with E-state index in [1.54, 1.807) is 19.2 Å². The second-order valence-electron chi connectivity index (χ2n) is 8.95. The summed E-state index contributed by atoms with van der Waals surface area (Å²) in [6.45, 7) is 2.18. The number of nitrogens with zero attached hydrogens (tertiary/aromatic N) is 2. The first-order chi connectivity index (χ1) is 18.2. The lowest BCUT2D eigenvalue weighted by atomic mass is 10.1. The number of aromatic nitrogens is 2. The van der Waals surface area contributed by atoms with E-state index in [1.165, 1.54) is 5.52 Å². The fraction of sp³-hybridized carbons (Fsp3) is 0.333. The maximum atomic E-state index is 12.4. The topological polar surface area (TPSA) is 65.4 Å². The summed E-state index contributed by atoms with van der Waals surface area (Å²) in [5, 5.41) is 3.65. The fourth-order valence-corrected chi connectivity index (χ4v) is 4.53. The van der Waals surface area contributed by atoms with Crippen LogP contribution in [-0.2, 0) is 13.0 Å². The van der Waals surface area contributed by atoms with Crippen molar-refractivity contribution in [2.75, 3.05) is 20.3 Å². The maximum Gasteiger partial charge on any atom is 0.251 e. The van der Waals surface area contributed by atoms with Crippen LogP contribution < -0.4 is 14.8 Å². The molecule has 37 heavy (non-hydrogen) atoms. The minimum Gasteiger partial charge on any atom is -0.497 e. The van der Waals surface area contributed by atoms with Crippen molar-refractivity contribution in [3.63, 3.8) is 0 Å². The lowest BCUT2D eigenvalue weighted by Gasteiger charge is -2.11. The van der Waals surface area contributed by atoms with E-state index in [-0.39, 0.29) is 5.91 Å². The molecule has 0 spiro atoms. The van der Waals surface area contributed by atoms with Gasteiger partial charge in [0.2, 0.25) is 0 Å². The Morgan fingerprint density at radius 3 is 2.65 bits per heavy atom. The maximum absolute atomic E-state index is 12.4. The van der Waals surface area contributed by atoms with Crippen LogP contribution in [0.4, 0.5) is 0 Å². The highest BCUT2D eigenvalue weighted by Crippen LogP contribution is 2.23. The molecular weight excluding hydrogens is 486 g/mol. The van der Waals surface area contributed by atoms with Gasteiger partial charge in [-0.25, -0.2) is 4.98 Å². The number of hydrogen-bond donors (Lipinski definition) is 1. The molecule has 0 bridgehead atoms. The second-order valence-corrected chi connectivity index (χ2v) is 9.36. The number of aryl methyl sites for hydroxylation is 2. The molecule has 4 aromatic rings. The summed E-state index contributed by atoms with van der Waals surface area (Å²) >= 11 is 6.18. The molecular formula is C30H34ClN3O3. The van der Waals surface area contributed by atoms with Crippen LogP contribution in [0, 0.1) is 0 Å². The van der Waals surface area contributed by atoms with Gasteiger partial charge in [0.15, 0.2) is 0 Å². The predicted octanol–water partition coefficient (Wildman–Crippen LogP) is 6.70. The molecule has 0 saturated heterocycles. The molecule has 1 amide bonds. The van der Waals surface area contributed by atoms with E-state index in [0.717, 1.165) is 62.2 Å². The Balaban J connectivity index is 1.22. The van der Waals surface area contributed by atoms with Crippen molar-refractivity contribution in [3.05, 3.63) is 89.2 Å². The van der Waals surface area contributed by atoms with Gasteiger partial charge in [-0.15, -0.1) is 0 Å². The van der Waals surface area contributed by atoms with Crippen LogP contribution in [0.15, 0.2) is 72.8 Å². The molecule has 0 fully saturated rings. The smallest absolute Gasteiger partial charge is 0.251 e. The molecule has 4 rings (SSSR count). The number of carbonyl (C=O) groups is 1. The molecule has 6 nitrogen and oxygen atoms in total. The first kappa shape index (κ1) is 26.6. The van der Waals surface area contributed by atoms with Crippen molar-refractivity contribution in [2.45, 2.75) is 45.1 Å². The first-order valence-corrected chi connectivity index (χ1v) is 13.3. The molecule has 0 aliphatic rings. The third-order valence-corrected chi connectivity index (χ3v) is 6.61. The van der Waals surface area contributed by atoms with Crippen LogP contribution in [0.1, 0.15) is 48.3 Å². The molecule has 0 unspecified atom stereocenters. The van der Waals surface area contributed by atoms with Crippen LogP contribution in [0.25, 0.3) is 11.0 Å². The van der Waals surface area contributed by atoms with E-state index in [1.807, 2.05) is 42.5 Å². The van der Waals surface area contributed by atoms with Crippen LogP contribution in [0.3, 0.4) is 0 Å². The highest BCUT2D eigenvalue weighted by molar-refractivity contribution is 6.32. The number of halogens is 1. The summed E-state index contributed by atoms with van der Waals surface area (Å²) < 4.78 is 13.4. The monoisotopic (exact) mass is 519 g/mol. The van der Waals surface area contributed by atoms with Crippen LogP contribution in [-0.4, -0.2) is 35.7 Å². The van der Waals surface area contributed by atoms with Crippen molar-refractivity contribution in [3.8, 4) is 11.5 Å². The summed E-state index contributed by atoms with van der Waals surface area (Å²) in [6, 6.07) is 23.1. The molecule has 7 heteroatoms. The number of methoxy groups -OCH3 is 1. The zero-order valence-electron chi connectivity index (χ0n) is 21.3. The number of nitrogens with one attached hydrogen (secondary N) is 1. The molecule has 0 aliphatic heterocycles. The van der Waals surface area contributed by atoms with Gasteiger partial charge in [0.1, 0.15) is 17.3 Å². The number of para-hydroxylation sites is 3. The van der Waals surface area contributed by atoms with Crippen LogP contribution in [0.2, 0.25) is 5.02 Å². The van der Waals surface area contributed by atoms with E-state index in [2.05, 4.69) is 28.1 Å². The standard InChI is InChI=1S/C30H34ClN3O3/c1-36-24-13-11-12-23(22-24)30(35)32-19-8-2-3-18-29-33-26-15-5-6-16-27(26)34(29)20-9-10-21-37-28-17-7-4-14-25(28)31/h4-7,11-17,22H,2-3,8-10,18-21H2,1H3,(H,32,35). The van der Waals surface area contributed by atoms with Gasteiger partial charge in [-0.05, 0) is 68.1 Å². The number of benzene rings is 3. The highest BCUT2D eigenvalue weighted by Gasteiger charge is 2.11. The zero-order valence-corrected chi connectivity index (χ0v) is 22.0. The largest absolute Gasteiger partial charge is 0.497 e. The average Bonchev–Trinajstić information content (AvgIpc) is 3.28. The van der Waals surface area contributed by atoms with Crippen molar-refractivity contribution in [1.29, 1.82) is 0 Å². The number of imidazole rings is 1. The summed E-state index contributed by atoms with van der Waals surface area (Å²) in [5.74, 6) is 2.47. The van der Waals surface area contributed by atoms with Gasteiger partial charge >= 0.3 is 0 Å². The Labute approximate surface area is 223 Å². The second kappa shape index (κ2) is 13.7. The minimum absolute atomic E-state index is 0.0702. The lowest BCUT2D eigenvalue weighted by Crippen LogP contribution is -2.24. The molecule has 0 aliphatic carbocycles. The van der Waals surface area contributed by atoms with Gasteiger partial charge in [-0.3, -0.25) is 4.79 Å². The number of fused-ring (bicyclic) bond motifs is 1. The quantitative estimate of drug-likeness (QED) is 0.188.